The van der Waals surface area contributed by atoms with Crippen LogP contribution >= 0.6 is 0 Å². The lowest BCUT2D eigenvalue weighted by atomic mass is 10.0. The van der Waals surface area contributed by atoms with E-state index in [9.17, 15) is 4.79 Å². The first-order valence-corrected chi connectivity index (χ1v) is 5.64. The number of anilines is 2. The number of carbonyl (C=O) groups is 1. The highest BCUT2D eigenvalue weighted by Gasteiger charge is 2.21. The zero-order valence-corrected chi connectivity index (χ0v) is 11.2. The maximum absolute atomic E-state index is 11.7. The third kappa shape index (κ3) is 3.63. The summed E-state index contributed by atoms with van der Waals surface area (Å²) in [5, 5.41) is 3.25. The number of nitrogen functional groups attached to an aromatic ring is 1. The third-order valence-electron chi connectivity index (χ3n) is 2.43. The maximum atomic E-state index is 11.7. The molecule has 18 heavy (non-hydrogen) atoms. The molecule has 0 aliphatic rings. The fourth-order valence-corrected chi connectivity index (χ4v) is 1.71. The molecule has 1 rings (SSSR count). The van der Waals surface area contributed by atoms with Crippen LogP contribution in [0.5, 0.6) is 0 Å². The summed E-state index contributed by atoms with van der Waals surface area (Å²) < 4.78 is 9.87. The van der Waals surface area contributed by atoms with E-state index in [0.717, 1.165) is 0 Å². The van der Waals surface area contributed by atoms with E-state index in [0.29, 0.717) is 23.5 Å². The molecule has 0 aliphatic carbocycles. The molecule has 5 nitrogen and oxygen atoms in total. The van der Waals surface area contributed by atoms with Crippen LogP contribution < -0.4 is 11.1 Å². The Balaban J connectivity index is 3.05. The van der Waals surface area contributed by atoms with Crippen molar-refractivity contribution in [2.24, 2.45) is 0 Å². The lowest BCUT2D eigenvalue weighted by molar-refractivity contribution is 0.0601. The molecule has 0 fully saturated rings. The minimum Gasteiger partial charge on any atom is -0.465 e. The van der Waals surface area contributed by atoms with E-state index >= 15 is 0 Å². The summed E-state index contributed by atoms with van der Waals surface area (Å²) >= 11 is 0. The van der Waals surface area contributed by atoms with Crippen molar-refractivity contribution >= 4 is 17.3 Å². The second kappa shape index (κ2) is 5.73. The summed E-state index contributed by atoms with van der Waals surface area (Å²) in [7, 11) is 2.98. The zero-order chi connectivity index (χ0) is 13.8. The van der Waals surface area contributed by atoms with E-state index in [-0.39, 0.29) is 5.54 Å². The molecule has 0 saturated heterocycles. The van der Waals surface area contributed by atoms with Gasteiger partial charge in [-0.05, 0) is 32.0 Å². The second-order valence-corrected chi connectivity index (χ2v) is 4.74. The van der Waals surface area contributed by atoms with Crippen molar-refractivity contribution in [1.29, 1.82) is 0 Å². The van der Waals surface area contributed by atoms with Crippen molar-refractivity contribution in [3.63, 3.8) is 0 Å². The Hall–Kier alpha value is -1.75. The van der Waals surface area contributed by atoms with Gasteiger partial charge in [-0.3, -0.25) is 0 Å². The molecule has 100 valence electrons. The van der Waals surface area contributed by atoms with Crippen molar-refractivity contribution < 1.29 is 14.3 Å². The van der Waals surface area contributed by atoms with E-state index in [1.807, 2.05) is 13.8 Å². The van der Waals surface area contributed by atoms with E-state index < -0.39 is 5.97 Å². The predicted octanol–water partition coefficient (Wildman–Crippen LogP) is 1.89. The molecule has 0 spiro atoms. The van der Waals surface area contributed by atoms with E-state index in [4.69, 9.17) is 15.2 Å². The second-order valence-electron chi connectivity index (χ2n) is 4.74. The number of esters is 1. The quantitative estimate of drug-likeness (QED) is 0.618. The number of nitrogens with two attached hydrogens (primary N) is 1. The molecule has 0 bridgehead atoms. The number of nitrogens with one attached hydrogen (secondary N) is 1. The van der Waals surface area contributed by atoms with Crippen LogP contribution in [0.4, 0.5) is 11.4 Å². The number of carbonyl (C=O) groups excluding carboxylic acids is 1. The minimum absolute atomic E-state index is 0.298. The molecule has 0 amide bonds. The van der Waals surface area contributed by atoms with Crippen LogP contribution in [0.1, 0.15) is 24.2 Å². The Bertz CT molecular complexity index is 430. The summed E-state index contributed by atoms with van der Waals surface area (Å²) in [4.78, 5) is 11.7. The van der Waals surface area contributed by atoms with Gasteiger partial charge in [-0.15, -0.1) is 0 Å². The number of hydrogen-bond acceptors (Lipinski definition) is 5. The van der Waals surface area contributed by atoms with Crippen LogP contribution in [0.3, 0.4) is 0 Å². The molecule has 1 aromatic carbocycles. The predicted molar refractivity (Wildman–Crippen MR) is 71.8 cm³/mol. The highest BCUT2D eigenvalue weighted by atomic mass is 16.5. The highest BCUT2D eigenvalue weighted by molar-refractivity contribution is 5.96. The lowest BCUT2D eigenvalue weighted by Crippen LogP contribution is -2.36. The number of benzene rings is 1. The summed E-state index contributed by atoms with van der Waals surface area (Å²) in [6, 6.07) is 5.09. The SMILES string of the molecule is COCC(C)(C)Nc1ccc(N)cc1C(=O)OC. The average molecular weight is 252 g/mol. The maximum Gasteiger partial charge on any atom is 0.340 e. The fraction of sp³-hybridized carbons (Fsp3) is 0.462. The number of methoxy groups -OCH3 is 2. The van der Waals surface area contributed by atoms with Gasteiger partial charge in [0.1, 0.15) is 0 Å². The van der Waals surface area contributed by atoms with Gasteiger partial charge in [0, 0.05) is 18.5 Å². The van der Waals surface area contributed by atoms with Crippen molar-refractivity contribution in [2.75, 3.05) is 31.9 Å². The molecule has 0 unspecified atom stereocenters. The van der Waals surface area contributed by atoms with Gasteiger partial charge in [0.15, 0.2) is 0 Å². The first-order valence-electron chi connectivity index (χ1n) is 5.64. The summed E-state index contributed by atoms with van der Waals surface area (Å²) in [6.45, 7) is 4.47. The molecule has 0 saturated carbocycles. The van der Waals surface area contributed by atoms with Crippen molar-refractivity contribution in [1.82, 2.24) is 0 Å². The standard InChI is InChI=1S/C13H20N2O3/c1-13(2,8-17-3)15-11-6-5-9(14)7-10(11)12(16)18-4/h5-7,15H,8,14H2,1-4H3. The summed E-state index contributed by atoms with van der Waals surface area (Å²) in [6.07, 6.45) is 0. The first kappa shape index (κ1) is 14.3. The molecule has 3 N–H and O–H groups in total. The monoisotopic (exact) mass is 252 g/mol. The van der Waals surface area contributed by atoms with Gasteiger partial charge in [-0.1, -0.05) is 0 Å². The van der Waals surface area contributed by atoms with Crippen molar-refractivity contribution in [2.45, 2.75) is 19.4 Å². The molecule has 0 heterocycles. The van der Waals surface area contributed by atoms with E-state index in [1.54, 1.807) is 25.3 Å². The van der Waals surface area contributed by atoms with E-state index in [1.165, 1.54) is 7.11 Å². The topological polar surface area (TPSA) is 73.6 Å². The van der Waals surface area contributed by atoms with Gasteiger partial charge in [0.2, 0.25) is 0 Å². The van der Waals surface area contributed by atoms with Gasteiger partial charge in [0.05, 0.1) is 24.8 Å². The zero-order valence-electron chi connectivity index (χ0n) is 11.2. The van der Waals surface area contributed by atoms with Crippen LogP contribution in [0.15, 0.2) is 18.2 Å². The smallest absolute Gasteiger partial charge is 0.340 e. The van der Waals surface area contributed by atoms with Gasteiger partial charge in [-0.2, -0.15) is 0 Å². The molecule has 0 radical (unpaired) electrons. The van der Waals surface area contributed by atoms with Crippen LogP contribution in [0.2, 0.25) is 0 Å². The molecular weight excluding hydrogens is 232 g/mol. The first-order chi connectivity index (χ1) is 8.39. The largest absolute Gasteiger partial charge is 0.465 e. The molecule has 0 aliphatic heterocycles. The normalized spacial score (nSPS) is 11.1. The Morgan fingerprint density at radius 1 is 1.39 bits per heavy atom. The minimum atomic E-state index is -0.419. The molecule has 5 heteroatoms. The van der Waals surface area contributed by atoms with Gasteiger partial charge >= 0.3 is 5.97 Å². The Morgan fingerprint density at radius 3 is 2.61 bits per heavy atom. The molecule has 1 aromatic rings. The summed E-state index contributed by atoms with van der Waals surface area (Å²) in [5.41, 5.74) is 7.00. The number of hydrogen-bond donors (Lipinski definition) is 2. The van der Waals surface area contributed by atoms with Crippen molar-refractivity contribution in [3.8, 4) is 0 Å². The van der Waals surface area contributed by atoms with Crippen LogP contribution in [-0.2, 0) is 9.47 Å². The Morgan fingerprint density at radius 2 is 2.06 bits per heavy atom. The summed E-state index contributed by atoms with van der Waals surface area (Å²) in [5.74, 6) is -0.419. The fourth-order valence-electron chi connectivity index (χ4n) is 1.71. The van der Waals surface area contributed by atoms with Gasteiger partial charge in [-0.25, -0.2) is 4.79 Å². The third-order valence-corrected chi connectivity index (χ3v) is 2.43. The van der Waals surface area contributed by atoms with Crippen LogP contribution in [0.25, 0.3) is 0 Å². The highest BCUT2D eigenvalue weighted by Crippen LogP contribution is 2.23. The van der Waals surface area contributed by atoms with E-state index in [2.05, 4.69) is 5.32 Å². The van der Waals surface area contributed by atoms with Crippen LogP contribution in [-0.4, -0.2) is 32.3 Å². The number of ether oxygens (including phenoxy) is 2. The Labute approximate surface area is 107 Å². The molecular formula is C13H20N2O3. The lowest BCUT2D eigenvalue weighted by Gasteiger charge is -2.27. The average Bonchev–Trinajstić information content (AvgIpc) is 2.30. The molecule has 0 atom stereocenters. The van der Waals surface area contributed by atoms with Crippen molar-refractivity contribution in [3.05, 3.63) is 23.8 Å². The number of rotatable bonds is 5. The Kier molecular flexibility index (Phi) is 4.55. The van der Waals surface area contributed by atoms with Gasteiger partial charge in [0.25, 0.3) is 0 Å². The van der Waals surface area contributed by atoms with Gasteiger partial charge < -0.3 is 20.5 Å². The van der Waals surface area contributed by atoms with Crippen LogP contribution in [0, 0.1) is 0 Å². The molecule has 0 aromatic heterocycles.